The predicted molar refractivity (Wildman–Crippen MR) is 37.3 cm³/mol. The Morgan fingerprint density at radius 1 is 1.36 bits per heavy atom. The summed E-state index contributed by atoms with van der Waals surface area (Å²) in [5.41, 5.74) is 0.486. The van der Waals surface area contributed by atoms with Crippen molar-refractivity contribution < 1.29 is 15.1 Å². The fourth-order valence-electron chi connectivity index (χ4n) is 1.03. The molecule has 0 amide bonds. The van der Waals surface area contributed by atoms with Gasteiger partial charge in [-0.3, -0.25) is 5.21 Å². The minimum absolute atomic E-state index is 0.486. The van der Waals surface area contributed by atoms with Crippen molar-refractivity contribution >= 4 is 5.69 Å². The highest BCUT2D eigenvalue weighted by Crippen LogP contribution is 2.34. The first-order valence-corrected chi connectivity index (χ1v) is 3.21. The molecule has 1 atom stereocenters. The second kappa shape index (κ2) is 2.11. The monoisotopic (exact) mass is 153 g/mol. The molecule has 1 unspecified atom stereocenters. The number of nitrogens with zero attached hydrogens (tertiary/aromatic N) is 1. The van der Waals surface area contributed by atoms with Gasteiger partial charge in [-0.15, -0.1) is 0 Å². The van der Waals surface area contributed by atoms with E-state index in [4.69, 9.17) is 15.1 Å². The molecule has 1 aliphatic heterocycles. The standard InChI is InChI=1S/C7H7NO3/c9-7-8(10)5-3-1-2-4-6(5)11-7/h1-4,7,9-10H. The van der Waals surface area contributed by atoms with Crippen LogP contribution in [0.1, 0.15) is 0 Å². The molecule has 1 heterocycles. The topological polar surface area (TPSA) is 52.9 Å². The maximum Gasteiger partial charge on any atom is 0.304 e. The van der Waals surface area contributed by atoms with Gasteiger partial charge in [-0.1, -0.05) is 12.1 Å². The van der Waals surface area contributed by atoms with Crippen molar-refractivity contribution in [3.05, 3.63) is 24.3 Å². The van der Waals surface area contributed by atoms with Crippen LogP contribution in [0.5, 0.6) is 5.75 Å². The Morgan fingerprint density at radius 2 is 2.09 bits per heavy atom. The Hall–Kier alpha value is -1.26. The van der Waals surface area contributed by atoms with E-state index in [-0.39, 0.29) is 0 Å². The molecule has 58 valence electrons. The molecule has 4 heteroatoms. The summed E-state index contributed by atoms with van der Waals surface area (Å²) in [6.07, 6.45) is -1.27. The lowest BCUT2D eigenvalue weighted by molar-refractivity contribution is -0.0545. The third-order valence-electron chi connectivity index (χ3n) is 1.55. The first kappa shape index (κ1) is 6.45. The molecule has 0 spiro atoms. The van der Waals surface area contributed by atoms with Crippen molar-refractivity contribution in [3.8, 4) is 5.75 Å². The number of ether oxygens (including phenoxy) is 1. The van der Waals surface area contributed by atoms with E-state index in [0.717, 1.165) is 0 Å². The van der Waals surface area contributed by atoms with Crippen LogP contribution in [0.15, 0.2) is 24.3 Å². The Labute approximate surface area is 63.2 Å². The van der Waals surface area contributed by atoms with Crippen LogP contribution >= 0.6 is 0 Å². The molecule has 0 saturated carbocycles. The van der Waals surface area contributed by atoms with Crippen LogP contribution in [0.2, 0.25) is 0 Å². The van der Waals surface area contributed by atoms with Crippen LogP contribution in [-0.2, 0) is 0 Å². The van der Waals surface area contributed by atoms with Gasteiger partial charge < -0.3 is 9.84 Å². The van der Waals surface area contributed by atoms with Crippen LogP contribution in [-0.4, -0.2) is 16.7 Å². The van der Waals surface area contributed by atoms with E-state index in [1.54, 1.807) is 24.3 Å². The highest BCUT2D eigenvalue weighted by atomic mass is 16.7. The number of rotatable bonds is 0. The first-order valence-electron chi connectivity index (χ1n) is 3.21. The van der Waals surface area contributed by atoms with E-state index in [2.05, 4.69) is 0 Å². The molecule has 1 aromatic rings. The maximum absolute atomic E-state index is 9.11. The number of hydroxylamine groups is 1. The van der Waals surface area contributed by atoms with Crippen molar-refractivity contribution in [2.24, 2.45) is 0 Å². The third-order valence-corrected chi connectivity index (χ3v) is 1.55. The lowest BCUT2D eigenvalue weighted by Gasteiger charge is -2.10. The van der Waals surface area contributed by atoms with Crippen molar-refractivity contribution in [2.45, 2.75) is 6.41 Å². The van der Waals surface area contributed by atoms with Crippen molar-refractivity contribution in [1.82, 2.24) is 0 Å². The molecule has 0 fully saturated rings. The first-order chi connectivity index (χ1) is 5.29. The Morgan fingerprint density at radius 3 is 2.82 bits per heavy atom. The van der Waals surface area contributed by atoms with Gasteiger partial charge in [-0.05, 0) is 12.1 Å². The molecule has 0 saturated heterocycles. The quantitative estimate of drug-likeness (QED) is 0.571. The van der Waals surface area contributed by atoms with Gasteiger partial charge in [0, 0.05) is 0 Å². The third kappa shape index (κ3) is 0.840. The summed E-state index contributed by atoms with van der Waals surface area (Å²) in [5.74, 6) is 0.488. The zero-order valence-electron chi connectivity index (χ0n) is 5.64. The molecule has 11 heavy (non-hydrogen) atoms. The van der Waals surface area contributed by atoms with Gasteiger partial charge in [0.25, 0.3) is 0 Å². The smallest absolute Gasteiger partial charge is 0.304 e. The molecule has 0 bridgehead atoms. The summed E-state index contributed by atoms with van der Waals surface area (Å²) in [6.45, 7) is 0. The lowest BCUT2D eigenvalue weighted by atomic mass is 10.3. The number of anilines is 1. The summed E-state index contributed by atoms with van der Waals surface area (Å²) in [6, 6.07) is 6.86. The number of para-hydroxylation sites is 2. The number of hydrogen-bond donors (Lipinski definition) is 2. The minimum atomic E-state index is -1.27. The summed E-state index contributed by atoms with van der Waals surface area (Å²) in [7, 11) is 0. The molecule has 0 aromatic heterocycles. The van der Waals surface area contributed by atoms with E-state index < -0.39 is 6.41 Å². The minimum Gasteiger partial charge on any atom is -0.443 e. The van der Waals surface area contributed by atoms with Crippen LogP contribution < -0.4 is 9.80 Å². The summed E-state index contributed by atoms with van der Waals surface area (Å²) in [4.78, 5) is 0. The number of aliphatic hydroxyl groups is 1. The average molecular weight is 153 g/mol. The Balaban J connectivity index is 2.47. The number of benzene rings is 1. The predicted octanol–water partition coefficient (Wildman–Crippen LogP) is 0.550. The van der Waals surface area contributed by atoms with Crippen LogP contribution in [0, 0.1) is 0 Å². The number of hydrogen-bond acceptors (Lipinski definition) is 4. The van der Waals surface area contributed by atoms with Crippen LogP contribution in [0.3, 0.4) is 0 Å². The second-order valence-electron chi connectivity index (χ2n) is 2.26. The normalized spacial score (nSPS) is 21.3. The van der Waals surface area contributed by atoms with Crippen molar-refractivity contribution in [1.29, 1.82) is 0 Å². The average Bonchev–Trinajstić information content (AvgIpc) is 2.30. The number of fused-ring (bicyclic) bond motifs is 1. The van der Waals surface area contributed by atoms with Gasteiger partial charge in [0.15, 0.2) is 5.75 Å². The zero-order chi connectivity index (χ0) is 7.84. The Bertz CT molecular complexity index is 276. The van der Waals surface area contributed by atoms with E-state index in [0.29, 0.717) is 16.5 Å². The second-order valence-corrected chi connectivity index (χ2v) is 2.26. The number of aliphatic hydroxyl groups excluding tert-OH is 1. The molecular formula is C7H7NO3. The molecule has 1 aliphatic rings. The summed E-state index contributed by atoms with van der Waals surface area (Å²) >= 11 is 0. The summed E-state index contributed by atoms with van der Waals surface area (Å²) in [5, 5.41) is 18.8. The SMILES string of the molecule is OC1Oc2ccccc2N1O. The molecule has 1 aromatic carbocycles. The fourth-order valence-corrected chi connectivity index (χ4v) is 1.03. The fraction of sp³-hybridized carbons (Fsp3) is 0.143. The lowest BCUT2D eigenvalue weighted by Crippen LogP contribution is -2.30. The molecule has 0 radical (unpaired) electrons. The maximum atomic E-state index is 9.11. The van der Waals surface area contributed by atoms with E-state index >= 15 is 0 Å². The van der Waals surface area contributed by atoms with Gasteiger partial charge in [0.1, 0.15) is 5.69 Å². The zero-order valence-corrected chi connectivity index (χ0v) is 5.64. The van der Waals surface area contributed by atoms with Gasteiger partial charge in [-0.25, -0.2) is 0 Å². The van der Waals surface area contributed by atoms with Gasteiger partial charge in [0.2, 0.25) is 0 Å². The van der Waals surface area contributed by atoms with E-state index in [1.807, 2.05) is 0 Å². The molecule has 2 N–H and O–H groups in total. The highest BCUT2D eigenvalue weighted by molar-refractivity contribution is 5.59. The molecule has 4 nitrogen and oxygen atoms in total. The van der Waals surface area contributed by atoms with Gasteiger partial charge in [-0.2, -0.15) is 5.06 Å². The van der Waals surface area contributed by atoms with Crippen LogP contribution in [0.4, 0.5) is 5.69 Å². The Kier molecular flexibility index (Phi) is 1.24. The molecular weight excluding hydrogens is 146 g/mol. The van der Waals surface area contributed by atoms with Gasteiger partial charge >= 0.3 is 6.41 Å². The van der Waals surface area contributed by atoms with E-state index in [1.165, 1.54) is 0 Å². The highest BCUT2D eigenvalue weighted by Gasteiger charge is 2.26. The van der Waals surface area contributed by atoms with E-state index in [9.17, 15) is 0 Å². The molecule has 2 rings (SSSR count). The van der Waals surface area contributed by atoms with Crippen molar-refractivity contribution in [2.75, 3.05) is 5.06 Å². The largest absolute Gasteiger partial charge is 0.443 e. The van der Waals surface area contributed by atoms with Crippen LogP contribution in [0.25, 0.3) is 0 Å². The van der Waals surface area contributed by atoms with Gasteiger partial charge in [0.05, 0.1) is 0 Å². The molecule has 0 aliphatic carbocycles. The van der Waals surface area contributed by atoms with Crippen molar-refractivity contribution in [3.63, 3.8) is 0 Å². The summed E-state index contributed by atoms with van der Waals surface area (Å²) < 4.78 is 4.85.